The number of nitrogens with one attached hydrogen (secondary N) is 1. The highest BCUT2D eigenvalue weighted by Crippen LogP contribution is 2.21. The number of rotatable bonds is 5. The van der Waals surface area contributed by atoms with Crippen molar-refractivity contribution >= 4 is 11.7 Å². The predicted molar refractivity (Wildman–Crippen MR) is 88.1 cm³/mol. The summed E-state index contributed by atoms with van der Waals surface area (Å²) in [5.41, 5.74) is 0.591. The minimum Gasteiger partial charge on any atom is -0.394 e. The number of aliphatic hydroxyl groups excluding tert-OH is 1. The number of nitrogens with zero attached hydrogens (tertiary/aromatic N) is 2. The van der Waals surface area contributed by atoms with Crippen molar-refractivity contribution < 1.29 is 9.90 Å². The molecule has 1 aliphatic rings. The van der Waals surface area contributed by atoms with Crippen molar-refractivity contribution in [3.8, 4) is 0 Å². The van der Waals surface area contributed by atoms with Crippen LogP contribution in [0.5, 0.6) is 0 Å². The van der Waals surface area contributed by atoms with E-state index in [2.05, 4.69) is 36.0 Å². The third kappa shape index (κ3) is 4.70. The monoisotopic (exact) mass is 305 g/mol. The molecule has 22 heavy (non-hydrogen) atoms. The molecule has 0 aromatic carbocycles. The van der Waals surface area contributed by atoms with Gasteiger partial charge in [-0.25, -0.2) is 4.98 Å². The first-order valence-electron chi connectivity index (χ1n) is 8.02. The maximum atomic E-state index is 12.3. The minimum absolute atomic E-state index is 0.0533. The molecule has 1 atom stereocenters. The number of carbonyl (C=O) groups is 1. The largest absolute Gasteiger partial charge is 0.394 e. The Morgan fingerprint density at radius 1 is 1.36 bits per heavy atom. The quantitative estimate of drug-likeness (QED) is 0.875. The van der Waals surface area contributed by atoms with Crippen molar-refractivity contribution in [2.75, 3.05) is 24.6 Å². The standard InChI is InChI=1S/C17H27N3O2/c1-17(2,3)10-14(12-21)19-16(22)13-6-7-15(18-11-13)20-8-4-5-9-20/h6-7,11,14,21H,4-5,8-10,12H2,1-3H3,(H,19,22). The van der Waals surface area contributed by atoms with Gasteiger partial charge in [0, 0.05) is 19.3 Å². The summed E-state index contributed by atoms with van der Waals surface area (Å²) in [7, 11) is 0. The van der Waals surface area contributed by atoms with Crippen LogP contribution in [-0.2, 0) is 0 Å². The fraction of sp³-hybridized carbons (Fsp3) is 0.647. The van der Waals surface area contributed by atoms with E-state index in [-0.39, 0.29) is 24.0 Å². The second-order valence-electron chi connectivity index (χ2n) is 7.22. The van der Waals surface area contributed by atoms with E-state index in [1.807, 2.05) is 12.1 Å². The average Bonchev–Trinajstić information content (AvgIpc) is 2.99. The third-order valence-electron chi connectivity index (χ3n) is 3.85. The highest BCUT2D eigenvalue weighted by atomic mass is 16.3. The maximum Gasteiger partial charge on any atom is 0.253 e. The molecular weight excluding hydrogens is 278 g/mol. The number of aliphatic hydroxyl groups is 1. The van der Waals surface area contributed by atoms with E-state index in [9.17, 15) is 9.90 Å². The summed E-state index contributed by atoms with van der Waals surface area (Å²) in [6.07, 6.45) is 4.76. The first-order valence-corrected chi connectivity index (χ1v) is 8.02. The zero-order valence-electron chi connectivity index (χ0n) is 13.8. The van der Waals surface area contributed by atoms with E-state index in [0.29, 0.717) is 5.56 Å². The molecule has 1 aromatic rings. The Kier molecular flexibility index (Phi) is 5.40. The van der Waals surface area contributed by atoms with Crippen LogP contribution in [0.3, 0.4) is 0 Å². The number of pyridine rings is 1. The lowest BCUT2D eigenvalue weighted by atomic mass is 9.88. The van der Waals surface area contributed by atoms with Crippen LogP contribution in [-0.4, -0.2) is 41.7 Å². The third-order valence-corrected chi connectivity index (χ3v) is 3.85. The molecular formula is C17H27N3O2. The van der Waals surface area contributed by atoms with Gasteiger partial charge in [0.2, 0.25) is 0 Å². The second kappa shape index (κ2) is 7.09. The number of carbonyl (C=O) groups excluding carboxylic acids is 1. The molecule has 2 N–H and O–H groups in total. The fourth-order valence-electron chi connectivity index (χ4n) is 2.82. The lowest BCUT2D eigenvalue weighted by molar-refractivity contribution is 0.0897. The van der Waals surface area contributed by atoms with E-state index in [0.717, 1.165) is 25.3 Å². The van der Waals surface area contributed by atoms with Crippen molar-refractivity contribution in [3.63, 3.8) is 0 Å². The van der Waals surface area contributed by atoms with Crippen molar-refractivity contribution in [2.24, 2.45) is 5.41 Å². The first kappa shape index (κ1) is 16.7. The summed E-state index contributed by atoms with van der Waals surface area (Å²) in [4.78, 5) is 18.9. The average molecular weight is 305 g/mol. The topological polar surface area (TPSA) is 65.5 Å². The summed E-state index contributed by atoms with van der Waals surface area (Å²) >= 11 is 0. The first-order chi connectivity index (χ1) is 10.4. The van der Waals surface area contributed by atoms with E-state index in [4.69, 9.17) is 0 Å². The van der Waals surface area contributed by atoms with Gasteiger partial charge < -0.3 is 15.3 Å². The lowest BCUT2D eigenvalue weighted by Gasteiger charge is -2.25. The van der Waals surface area contributed by atoms with Crippen molar-refractivity contribution in [1.82, 2.24) is 10.3 Å². The van der Waals surface area contributed by atoms with Gasteiger partial charge in [-0.05, 0) is 36.8 Å². The molecule has 5 heteroatoms. The molecule has 1 fully saturated rings. The van der Waals surface area contributed by atoms with E-state index in [1.54, 1.807) is 6.20 Å². The van der Waals surface area contributed by atoms with Crippen molar-refractivity contribution in [1.29, 1.82) is 0 Å². The summed E-state index contributed by atoms with van der Waals surface area (Å²) < 4.78 is 0. The summed E-state index contributed by atoms with van der Waals surface area (Å²) in [6, 6.07) is 3.48. The van der Waals surface area contributed by atoms with E-state index < -0.39 is 0 Å². The molecule has 1 aliphatic heterocycles. The van der Waals surface area contributed by atoms with Crippen LogP contribution in [0.15, 0.2) is 18.3 Å². The molecule has 0 spiro atoms. The van der Waals surface area contributed by atoms with Crippen LogP contribution in [0.1, 0.15) is 50.4 Å². The number of aromatic nitrogens is 1. The van der Waals surface area contributed by atoms with Crippen molar-refractivity contribution in [2.45, 2.75) is 46.1 Å². The van der Waals surface area contributed by atoms with Gasteiger partial charge in [-0.15, -0.1) is 0 Å². The van der Waals surface area contributed by atoms with Crippen molar-refractivity contribution in [3.05, 3.63) is 23.9 Å². The summed E-state index contributed by atoms with van der Waals surface area (Å²) in [6.45, 7) is 8.30. The van der Waals surface area contributed by atoms with E-state index >= 15 is 0 Å². The molecule has 1 aromatic heterocycles. The van der Waals surface area contributed by atoms with Gasteiger partial charge in [-0.1, -0.05) is 20.8 Å². The zero-order chi connectivity index (χ0) is 16.2. The Morgan fingerprint density at radius 2 is 2.05 bits per heavy atom. The fourth-order valence-corrected chi connectivity index (χ4v) is 2.82. The summed E-state index contributed by atoms with van der Waals surface area (Å²) in [5.74, 6) is 0.756. The molecule has 0 bridgehead atoms. The predicted octanol–water partition coefficient (Wildman–Crippen LogP) is 2.21. The molecule has 5 nitrogen and oxygen atoms in total. The second-order valence-corrected chi connectivity index (χ2v) is 7.22. The van der Waals surface area contributed by atoms with Crippen LogP contribution < -0.4 is 10.2 Å². The molecule has 0 aliphatic carbocycles. The number of hydrogen-bond acceptors (Lipinski definition) is 4. The molecule has 1 amide bonds. The Morgan fingerprint density at radius 3 is 2.55 bits per heavy atom. The van der Waals surface area contributed by atoms with E-state index in [1.165, 1.54) is 12.8 Å². The highest BCUT2D eigenvalue weighted by Gasteiger charge is 2.21. The molecule has 1 unspecified atom stereocenters. The molecule has 2 rings (SSSR count). The van der Waals surface area contributed by atoms with Crippen LogP contribution in [0, 0.1) is 5.41 Å². The Balaban J connectivity index is 1.96. The van der Waals surface area contributed by atoms with Gasteiger partial charge in [0.15, 0.2) is 0 Å². The zero-order valence-corrected chi connectivity index (χ0v) is 13.8. The molecule has 1 saturated heterocycles. The van der Waals surface area contributed by atoms with Crippen LogP contribution in [0.4, 0.5) is 5.82 Å². The smallest absolute Gasteiger partial charge is 0.253 e. The lowest BCUT2D eigenvalue weighted by Crippen LogP contribution is -2.40. The normalized spacial score (nSPS) is 16.6. The SMILES string of the molecule is CC(C)(C)CC(CO)NC(=O)c1ccc(N2CCCC2)nc1. The van der Waals surface area contributed by atoms with Gasteiger partial charge in [0.1, 0.15) is 5.82 Å². The van der Waals surface area contributed by atoms with Gasteiger partial charge >= 0.3 is 0 Å². The number of hydrogen-bond donors (Lipinski definition) is 2. The van der Waals surface area contributed by atoms with Crippen LogP contribution in [0.2, 0.25) is 0 Å². The Labute approximate surface area is 132 Å². The maximum absolute atomic E-state index is 12.3. The van der Waals surface area contributed by atoms with Gasteiger partial charge in [-0.3, -0.25) is 4.79 Å². The summed E-state index contributed by atoms with van der Waals surface area (Å²) in [5, 5.41) is 12.3. The van der Waals surface area contributed by atoms with Gasteiger partial charge in [0.05, 0.1) is 18.2 Å². The van der Waals surface area contributed by atoms with Crippen LogP contribution >= 0.6 is 0 Å². The minimum atomic E-state index is -0.231. The Bertz CT molecular complexity index is 488. The van der Waals surface area contributed by atoms with Gasteiger partial charge in [-0.2, -0.15) is 0 Å². The Hall–Kier alpha value is -1.62. The number of amides is 1. The highest BCUT2D eigenvalue weighted by molar-refractivity contribution is 5.94. The van der Waals surface area contributed by atoms with Gasteiger partial charge in [0.25, 0.3) is 5.91 Å². The number of anilines is 1. The molecule has 2 heterocycles. The molecule has 0 saturated carbocycles. The van der Waals surface area contributed by atoms with Crippen LogP contribution in [0.25, 0.3) is 0 Å². The molecule has 0 radical (unpaired) electrons. The molecule has 122 valence electrons.